The Balaban J connectivity index is 2.00. The Hall–Kier alpha value is -1.55. The summed E-state index contributed by atoms with van der Waals surface area (Å²) in [5, 5.41) is 12.2. The van der Waals surface area contributed by atoms with Crippen LogP contribution in [0.4, 0.5) is 5.69 Å². The highest BCUT2D eigenvalue weighted by atomic mass is 35.5. The van der Waals surface area contributed by atoms with Crippen molar-refractivity contribution in [1.29, 1.82) is 0 Å². The first-order chi connectivity index (χ1) is 8.97. The summed E-state index contributed by atoms with van der Waals surface area (Å²) in [5.74, 6) is -1.60. The molecule has 1 aliphatic rings. The standard InChI is InChI=1S/C14H16ClNO3/c1-8-2-5-12(11(15)6-8)16-13(17)9-3-4-10(7-9)14(18)19/h2,5-6,9-10H,3-4,7H2,1H3,(H,16,17)(H,18,19). The summed E-state index contributed by atoms with van der Waals surface area (Å²) in [7, 11) is 0. The van der Waals surface area contributed by atoms with E-state index in [1.807, 2.05) is 13.0 Å². The summed E-state index contributed by atoms with van der Waals surface area (Å²) in [4.78, 5) is 22.9. The van der Waals surface area contributed by atoms with Gasteiger partial charge in [-0.05, 0) is 43.9 Å². The number of carboxylic acid groups (broad SMARTS) is 1. The fourth-order valence-electron chi connectivity index (χ4n) is 2.40. The molecule has 0 aliphatic heterocycles. The van der Waals surface area contributed by atoms with E-state index in [9.17, 15) is 9.59 Å². The lowest BCUT2D eigenvalue weighted by atomic mass is 10.0. The van der Waals surface area contributed by atoms with Gasteiger partial charge in [-0.2, -0.15) is 0 Å². The third kappa shape index (κ3) is 3.26. The molecule has 102 valence electrons. The third-order valence-electron chi connectivity index (χ3n) is 3.54. The van der Waals surface area contributed by atoms with E-state index in [0.29, 0.717) is 30.0 Å². The van der Waals surface area contributed by atoms with Crippen LogP contribution in [0.15, 0.2) is 18.2 Å². The molecule has 2 atom stereocenters. The number of aryl methyl sites for hydroxylation is 1. The van der Waals surface area contributed by atoms with E-state index < -0.39 is 11.9 Å². The summed E-state index contributed by atoms with van der Waals surface area (Å²) < 4.78 is 0. The van der Waals surface area contributed by atoms with E-state index in [0.717, 1.165) is 5.56 Å². The van der Waals surface area contributed by atoms with Gasteiger partial charge >= 0.3 is 5.97 Å². The molecule has 2 N–H and O–H groups in total. The number of carbonyl (C=O) groups is 2. The number of aliphatic carboxylic acids is 1. The zero-order chi connectivity index (χ0) is 14.0. The van der Waals surface area contributed by atoms with Gasteiger partial charge in [0.05, 0.1) is 16.6 Å². The van der Waals surface area contributed by atoms with Gasteiger partial charge in [-0.25, -0.2) is 0 Å². The normalized spacial score (nSPS) is 22.2. The van der Waals surface area contributed by atoms with E-state index in [1.54, 1.807) is 12.1 Å². The number of nitrogens with one attached hydrogen (secondary N) is 1. The number of amides is 1. The van der Waals surface area contributed by atoms with Gasteiger partial charge in [-0.3, -0.25) is 9.59 Å². The van der Waals surface area contributed by atoms with Crippen molar-refractivity contribution in [3.63, 3.8) is 0 Å². The first-order valence-corrected chi connectivity index (χ1v) is 6.65. The van der Waals surface area contributed by atoms with Crippen LogP contribution in [0.1, 0.15) is 24.8 Å². The van der Waals surface area contributed by atoms with E-state index in [-0.39, 0.29) is 11.8 Å². The van der Waals surface area contributed by atoms with Gasteiger partial charge in [-0.15, -0.1) is 0 Å². The second-order valence-corrected chi connectivity index (χ2v) is 5.42. The van der Waals surface area contributed by atoms with Crippen molar-refractivity contribution in [2.75, 3.05) is 5.32 Å². The first kappa shape index (κ1) is 13.9. The Morgan fingerprint density at radius 3 is 2.58 bits per heavy atom. The molecule has 1 saturated carbocycles. The van der Waals surface area contributed by atoms with Crippen LogP contribution in [0.3, 0.4) is 0 Å². The van der Waals surface area contributed by atoms with E-state index in [2.05, 4.69) is 5.32 Å². The van der Waals surface area contributed by atoms with Gasteiger partial charge in [0, 0.05) is 5.92 Å². The van der Waals surface area contributed by atoms with Crippen LogP contribution in [-0.4, -0.2) is 17.0 Å². The number of hydrogen-bond acceptors (Lipinski definition) is 2. The highest BCUT2D eigenvalue weighted by Gasteiger charge is 2.33. The van der Waals surface area contributed by atoms with Gasteiger partial charge in [-0.1, -0.05) is 17.7 Å². The Morgan fingerprint density at radius 1 is 1.32 bits per heavy atom. The number of hydrogen-bond donors (Lipinski definition) is 2. The minimum Gasteiger partial charge on any atom is -0.481 e. The lowest BCUT2D eigenvalue weighted by Crippen LogP contribution is -2.21. The number of carboxylic acids is 1. The molecule has 1 aromatic rings. The third-order valence-corrected chi connectivity index (χ3v) is 3.85. The maximum Gasteiger partial charge on any atom is 0.306 e. The molecule has 0 spiro atoms. The Morgan fingerprint density at radius 2 is 2.00 bits per heavy atom. The van der Waals surface area contributed by atoms with Crippen LogP contribution < -0.4 is 5.32 Å². The number of carbonyl (C=O) groups excluding carboxylic acids is 1. The lowest BCUT2D eigenvalue weighted by Gasteiger charge is -2.12. The molecule has 0 bridgehead atoms. The molecule has 4 nitrogen and oxygen atoms in total. The van der Waals surface area contributed by atoms with Crippen molar-refractivity contribution in [1.82, 2.24) is 0 Å². The van der Waals surface area contributed by atoms with Gasteiger partial charge < -0.3 is 10.4 Å². The van der Waals surface area contributed by atoms with Crippen LogP contribution in [0.5, 0.6) is 0 Å². The maximum absolute atomic E-state index is 12.1. The Bertz CT molecular complexity index is 515. The Labute approximate surface area is 116 Å². The molecule has 1 aromatic carbocycles. The molecule has 19 heavy (non-hydrogen) atoms. The molecule has 5 heteroatoms. The summed E-state index contributed by atoms with van der Waals surface area (Å²) in [6, 6.07) is 5.42. The Kier molecular flexibility index (Phi) is 4.10. The molecule has 1 fully saturated rings. The number of benzene rings is 1. The molecule has 1 aliphatic carbocycles. The molecule has 2 rings (SSSR count). The summed E-state index contributed by atoms with van der Waals surface area (Å²) >= 11 is 6.05. The van der Waals surface area contributed by atoms with Crippen LogP contribution in [-0.2, 0) is 9.59 Å². The van der Waals surface area contributed by atoms with Gasteiger partial charge in [0.2, 0.25) is 5.91 Å². The monoisotopic (exact) mass is 281 g/mol. The molecule has 1 amide bonds. The van der Waals surface area contributed by atoms with Gasteiger partial charge in [0.1, 0.15) is 0 Å². The topological polar surface area (TPSA) is 66.4 Å². The zero-order valence-corrected chi connectivity index (χ0v) is 11.4. The van der Waals surface area contributed by atoms with Crippen LogP contribution in [0.25, 0.3) is 0 Å². The largest absolute Gasteiger partial charge is 0.481 e. The van der Waals surface area contributed by atoms with Crippen LogP contribution >= 0.6 is 11.6 Å². The average Bonchev–Trinajstić information content (AvgIpc) is 2.82. The lowest BCUT2D eigenvalue weighted by molar-refractivity contribution is -0.141. The minimum absolute atomic E-state index is 0.144. The van der Waals surface area contributed by atoms with E-state index in [4.69, 9.17) is 16.7 Å². The van der Waals surface area contributed by atoms with E-state index >= 15 is 0 Å². The van der Waals surface area contributed by atoms with Crippen molar-refractivity contribution >= 4 is 29.2 Å². The predicted molar refractivity (Wildman–Crippen MR) is 73.3 cm³/mol. The number of anilines is 1. The molecular weight excluding hydrogens is 266 g/mol. The second kappa shape index (κ2) is 5.61. The molecular formula is C14H16ClNO3. The fraction of sp³-hybridized carbons (Fsp3) is 0.429. The van der Waals surface area contributed by atoms with Crippen molar-refractivity contribution in [3.05, 3.63) is 28.8 Å². The quantitative estimate of drug-likeness (QED) is 0.895. The highest BCUT2D eigenvalue weighted by molar-refractivity contribution is 6.33. The van der Waals surface area contributed by atoms with Crippen molar-refractivity contribution < 1.29 is 14.7 Å². The van der Waals surface area contributed by atoms with Gasteiger partial charge in [0.15, 0.2) is 0 Å². The molecule has 0 aromatic heterocycles. The zero-order valence-electron chi connectivity index (χ0n) is 10.6. The average molecular weight is 282 g/mol. The van der Waals surface area contributed by atoms with Crippen molar-refractivity contribution in [2.24, 2.45) is 11.8 Å². The fourth-order valence-corrected chi connectivity index (χ4v) is 2.68. The predicted octanol–water partition coefficient (Wildman–Crippen LogP) is 3.09. The van der Waals surface area contributed by atoms with Crippen LogP contribution in [0, 0.1) is 18.8 Å². The van der Waals surface area contributed by atoms with Gasteiger partial charge in [0.25, 0.3) is 0 Å². The summed E-state index contributed by atoms with van der Waals surface area (Å²) in [6.07, 6.45) is 1.59. The smallest absolute Gasteiger partial charge is 0.306 e. The van der Waals surface area contributed by atoms with Crippen molar-refractivity contribution in [2.45, 2.75) is 26.2 Å². The number of rotatable bonds is 3. The SMILES string of the molecule is Cc1ccc(NC(=O)C2CCC(C(=O)O)C2)c(Cl)c1. The molecule has 0 radical (unpaired) electrons. The minimum atomic E-state index is -0.816. The first-order valence-electron chi connectivity index (χ1n) is 6.27. The van der Waals surface area contributed by atoms with Crippen molar-refractivity contribution in [3.8, 4) is 0 Å². The van der Waals surface area contributed by atoms with Crippen LogP contribution in [0.2, 0.25) is 5.02 Å². The maximum atomic E-state index is 12.1. The highest BCUT2D eigenvalue weighted by Crippen LogP contribution is 2.32. The number of halogens is 1. The second-order valence-electron chi connectivity index (χ2n) is 5.02. The summed E-state index contributed by atoms with van der Waals surface area (Å²) in [6.45, 7) is 1.92. The molecule has 2 unspecified atom stereocenters. The molecule has 0 heterocycles. The van der Waals surface area contributed by atoms with E-state index in [1.165, 1.54) is 0 Å². The summed E-state index contributed by atoms with van der Waals surface area (Å²) in [5.41, 5.74) is 1.60. The molecule has 0 saturated heterocycles.